The Morgan fingerprint density at radius 3 is 1.25 bits per heavy atom. The fourth-order valence-corrected chi connectivity index (χ4v) is 9.97. The van der Waals surface area contributed by atoms with Gasteiger partial charge in [0.05, 0.1) is 0 Å². The second-order valence-corrected chi connectivity index (χ2v) is 16.0. The minimum atomic E-state index is -2.57. The van der Waals surface area contributed by atoms with E-state index >= 15 is 0 Å². The summed E-state index contributed by atoms with van der Waals surface area (Å²) >= 11 is 0. The maximum atomic E-state index is 6.91. The molecule has 1 spiro atoms. The summed E-state index contributed by atoms with van der Waals surface area (Å²) in [6.07, 6.45) is 18.8. The molecule has 0 bridgehead atoms. The van der Waals surface area contributed by atoms with Crippen LogP contribution in [0.4, 0.5) is 11.4 Å². The average Bonchev–Trinajstić information content (AvgIpc) is 3.20. The zero-order chi connectivity index (χ0) is 35.2. The van der Waals surface area contributed by atoms with Gasteiger partial charge < -0.3 is 28.4 Å². The van der Waals surface area contributed by atoms with Crippen LogP contribution in [-0.4, -0.2) is 45.3 Å². The van der Waals surface area contributed by atoms with Crippen LogP contribution in [0.5, 0.6) is 0 Å². The average molecular weight is 706 g/mol. The summed E-state index contributed by atoms with van der Waals surface area (Å²) in [5.74, 6) is 0. The maximum Gasteiger partial charge on any atom is 0.532 e. The minimum absolute atomic E-state index is 0.242. The third-order valence-corrected chi connectivity index (χ3v) is 12.3. The van der Waals surface area contributed by atoms with Crippen LogP contribution in [0.1, 0.15) is 95.2 Å². The Morgan fingerprint density at radius 1 is 0.491 bits per heavy atom. The number of benzene rings is 4. The van der Waals surface area contributed by atoms with Gasteiger partial charge in [-0.25, -0.2) is 0 Å². The van der Waals surface area contributed by atoms with Crippen molar-refractivity contribution in [3.8, 4) is 0 Å². The third-order valence-electron chi connectivity index (χ3n) is 12.3. The van der Waals surface area contributed by atoms with E-state index in [0.29, 0.717) is 12.8 Å². The SMILES string of the molecule is C(=C\C1CC(c2ccccc2)O[B-]2(O1)OC(/C=C/c1cc3c4c(c1)CCCN4CCC3)CC(c1ccccc1)O2)/c1cc2c3c(c1)CCCN3CCC2. The smallest absolute Gasteiger partial charge is 0.513 e. The Hall–Kier alpha value is -4.14. The molecule has 4 aromatic rings. The van der Waals surface area contributed by atoms with Crippen molar-refractivity contribution in [3.05, 3.63) is 142 Å². The molecule has 4 unspecified atom stereocenters. The molecule has 4 aromatic carbocycles. The Morgan fingerprint density at radius 2 is 0.868 bits per heavy atom. The van der Waals surface area contributed by atoms with Gasteiger partial charge in [0, 0.05) is 62.0 Å². The van der Waals surface area contributed by atoms with Crippen LogP contribution in [0.2, 0.25) is 0 Å². The number of aryl methyl sites for hydroxylation is 4. The van der Waals surface area contributed by atoms with Crippen molar-refractivity contribution in [1.82, 2.24) is 0 Å². The van der Waals surface area contributed by atoms with Crippen LogP contribution in [0.25, 0.3) is 12.2 Å². The maximum absolute atomic E-state index is 6.91. The second-order valence-electron chi connectivity index (χ2n) is 16.0. The molecule has 6 aliphatic rings. The van der Waals surface area contributed by atoms with E-state index in [2.05, 4.69) is 119 Å². The highest BCUT2D eigenvalue weighted by atomic mass is 16.9. The van der Waals surface area contributed by atoms with Crippen molar-refractivity contribution in [2.75, 3.05) is 36.0 Å². The molecule has 6 nitrogen and oxygen atoms in total. The first-order valence-corrected chi connectivity index (χ1v) is 20.3. The van der Waals surface area contributed by atoms with E-state index in [1.165, 1.54) is 96.6 Å². The molecule has 6 aliphatic heterocycles. The van der Waals surface area contributed by atoms with Crippen LogP contribution in [0.15, 0.2) is 97.1 Å². The lowest BCUT2D eigenvalue weighted by atomic mass is 9.87. The van der Waals surface area contributed by atoms with E-state index in [1.807, 2.05) is 0 Å². The number of rotatable bonds is 6. The zero-order valence-electron chi connectivity index (χ0n) is 30.7. The van der Waals surface area contributed by atoms with Crippen molar-refractivity contribution in [2.45, 2.75) is 88.6 Å². The topological polar surface area (TPSA) is 43.4 Å². The highest BCUT2D eigenvalue weighted by Gasteiger charge is 2.47. The first-order chi connectivity index (χ1) is 26.1. The summed E-state index contributed by atoms with van der Waals surface area (Å²) in [6, 6.07) is 30.5. The van der Waals surface area contributed by atoms with E-state index < -0.39 is 6.96 Å². The van der Waals surface area contributed by atoms with Crippen molar-refractivity contribution in [3.63, 3.8) is 0 Å². The lowest BCUT2D eigenvalue weighted by Gasteiger charge is -2.56. The first-order valence-electron chi connectivity index (χ1n) is 20.3. The van der Waals surface area contributed by atoms with Crippen molar-refractivity contribution >= 4 is 30.5 Å². The lowest BCUT2D eigenvalue weighted by Crippen LogP contribution is -2.59. The monoisotopic (exact) mass is 705 g/mol. The molecular weight excluding hydrogens is 655 g/mol. The normalized spacial score (nSPS) is 28.0. The molecule has 0 saturated carbocycles. The molecule has 272 valence electrons. The molecule has 0 amide bonds. The summed E-state index contributed by atoms with van der Waals surface area (Å²) in [5, 5.41) is 0. The molecule has 53 heavy (non-hydrogen) atoms. The van der Waals surface area contributed by atoms with E-state index in [9.17, 15) is 0 Å². The van der Waals surface area contributed by atoms with Crippen molar-refractivity contribution < 1.29 is 18.6 Å². The summed E-state index contributed by atoms with van der Waals surface area (Å²) in [4.78, 5) is 5.20. The fourth-order valence-electron chi connectivity index (χ4n) is 9.97. The fraction of sp³-hybridized carbons (Fsp3) is 0.391. The van der Waals surface area contributed by atoms with Crippen LogP contribution < -0.4 is 9.80 Å². The molecular formula is C46H50BN2O4-. The molecule has 2 fully saturated rings. The van der Waals surface area contributed by atoms with Gasteiger partial charge in [0.15, 0.2) is 0 Å². The Balaban J connectivity index is 0.975. The summed E-state index contributed by atoms with van der Waals surface area (Å²) in [5.41, 5.74) is 13.7. The molecule has 0 radical (unpaired) electrons. The molecule has 2 saturated heterocycles. The van der Waals surface area contributed by atoms with E-state index in [4.69, 9.17) is 18.6 Å². The number of hydrogen-bond acceptors (Lipinski definition) is 6. The van der Waals surface area contributed by atoms with Gasteiger partial charge in [-0.1, -0.05) is 85.0 Å². The molecule has 10 rings (SSSR count). The Labute approximate surface area is 314 Å². The van der Waals surface area contributed by atoms with E-state index in [0.717, 1.165) is 36.8 Å². The van der Waals surface area contributed by atoms with E-state index in [-0.39, 0.29) is 24.4 Å². The van der Waals surface area contributed by atoms with Crippen LogP contribution in [-0.2, 0) is 44.3 Å². The molecule has 4 atom stereocenters. The molecule has 7 heteroatoms. The number of anilines is 2. The van der Waals surface area contributed by atoms with Crippen LogP contribution in [0, 0.1) is 0 Å². The van der Waals surface area contributed by atoms with Gasteiger partial charge in [-0.2, -0.15) is 0 Å². The number of nitrogens with zero attached hydrogens (tertiary/aromatic N) is 2. The Kier molecular flexibility index (Phi) is 9.00. The van der Waals surface area contributed by atoms with E-state index in [1.54, 1.807) is 0 Å². The lowest BCUT2D eigenvalue weighted by molar-refractivity contribution is -0.156. The highest BCUT2D eigenvalue weighted by Crippen LogP contribution is 2.44. The van der Waals surface area contributed by atoms with Gasteiger partial charge in [-0.05, 0) is 133 Å². The van der Waals surface area contributed by atoms with Gasteiger partial charge in [-0.3, -0.25) is 0 Å². The van der Waals surface area contributed by atoms with Crippen LogP contribution >= 0.6 is 0 Å². The largest absolute Gasteiger partial charge is 0.532 e. The second kappa shape index (κ2) is 14.3. The first kappa shape index (κ1) is 33.4. The summed E-state index contributed by atoms with van der Waals surface area (Å²) in [6.45, 7) is 2.17. The Bertz CT molecular complexity index is 1810. The van der Waals surface area contributed by atoms with Crippen LogP contribution in [0.3, 0.4) is 0 Å². The molecule has 0 aliphatic carbocycles. The van der Waals surface area contributed by atoms with Crippen molar-refractivity contribution in [2.24, 2.45) is 0 Å². The highest BCUT2D eigenvalue weighted by molar-refractivity contribution is 6.54. The standard InChI is InChI=1S/C46H50BN2O4/c1-3-11-35(12-4-1)43-31-41(21-19-33-27-37-15-7-23-48-24-8-16-38(28-33)45(37)48)50-47(52-43)51-42(32-44(53-47)36-13-5-2-6-14-36)22-20-34-29-39-17-9-25-49-26-10-18-40(30-34)46(39)49/h1-6,11-14,19-22,27-30,41-44H,7-10,15-18,23-26,31-32H2/q-1/b21-19+,22-20+. The molecule has 0 aromatic heterocycles. The molecule has 6 heterocycles. The van der Waals surface area contributed by atoms with Gasteiger partial charge in [-0.15, -0.1) is 0 Å². The quantitative estimate of drug-likeness (QED) is 0.186. The predicted octanol–water partition coefficient (Wildman–Crippen LogP) is 9.34. The van der Waals surface area contributed by atoms with Gasteiger partial charge in [0.1, 0.15) is 0 Å². The third kappa shape index (κ3) is 6.78. The van der Waals surface area contributed by atoms with Gasteiger partial charge in [0.2, 0.25) is 0 Å². The van der Waals surface area contributed by atoms with Gasteiger partial charge >= 0.3 is 6.96 Å². The zero-order valence-corrected chi connectivity index (χ0v) is 30.7. The summed E-state index contributed by atoms with van der Waals surface area (Å²) < 4.78 is 27.6. The van der Waals surface area contributed by atoms with Gasteiger partial charge in [0.25, 0.3) is 0 Å². The molecule has 0 N–H and O–H groups in total. The predicted molar refractivity (Wildman–Crippen MR) is 214 cm³/mol. The number of hydrogen-bond donors (Lipinski definition) is 0. The minimum Gasteiger partial charge on any atom is -0.513 e. The summed E-state index contributed by atoms with van der Waals surface area (Å²) in [7, 11) is 0. The van der Waals surface area contributed by atoms with Crippen molar-refractivity contribution in [1.29, 1.82) is 0 Å².